The van der Waals surface area contributed by atoms with Gasteiger partial charge in [0.15, 0.2) is 0 Å². The molecule has 50 heavy (non-hydrogen) atoms. The monoisotopic (exact) mass is 730 g/mol. The van der Waals surface area contributed by atoms with Gasteiger partial charge in [0.05, 0.1) is 0 Å². The van der Waals surface area contributed by atoms with Crippen molar-refractivity contribution in [1.82, 2.24) is 10.6 Å². The second-order valence-corrected chi connectivity index (χ2v) is 17.5. The van der Waals surface area contributed by atoms with Crippen LogP contribution in [0.4, 0.5) is 0 Å². The van der Waals surface area contributed by atoms with Crippen molar-refractivity contribution in [3.05, 3.63) is 71.8 Å². The Kier molecular flexibility index (Phi) is 15.3. The quantitative estimate of drug-likeness (QED) is 0.185. The van der Waals surface area contributed by atoms with Gasteiger partial charge >= 0.3 is 11.9 Å². The Labute approximate surface area is 313 Å². The molecule has 4 aliphatic rings. The van der Waals surface area contributed by atoms with Crippen molar-refractivity contribution >= 4 is 35.1 Å². The maximum Gasteiger partial charge on any atom is 0.326 e. The summed E-state index contributed by atoms with van der Waals surface area (Å²) in [5.41, 5.74) is 2.17. The maximum atomic E-state index is 11.4. The number of hydrogen-bond acceptors (Lipinski definition) is 6. The first-order chi connectivity index (χ1) is 23.2. The smallest absolute Gasteiger partial charge is 0.326 e. The molecule has 2 saturated heterocycles. The van der Waals surface area contributed by atoms with Crippen LogP contribution in [0.15, 0.2) is 60.7 Å². The van der Waals surface area contributed by atoms with E-state index in [1.165, 1.54) is 0 Å². The number of alkyl halides is 2. The molecule has 4 fully saturated rings. The molecule has 2 N–H and O–H groups in total. The van der Waals surface area contributed by atoms with Gasteiger partial charge < -0.3 is 9.47 Å². The van der Waals surface area contributed by atoms with Gasteiger partial charge in [-0.3, -0.25) is 20.2 Å². The van der Waals surface area contributed by atoms with Crippen LogP contribution in [0.25, 0.3) is 0 Å². The number of nitrogens with one attached hydrogen (secondary N) is 2. The van der Waals surface area contributed by atoms with Crippen LogP contribution < -0.4 is 10.6 Å². The van der Waals surface area contributed by atoms with E-state index in [0.717, 1.165) is 70.3 Å². The summed E-state index contributed by atoms with van der Waals surface area (Å²) in [6.45, 7) is 27.2. The van der Waals surface area contributed by atoms with Crippen LogP contribution in [-0.2, 0) is 31.9 Å². The number of benzene rings is 2. The summed E-state index contributed by atoms with van der Waals surface area (Å²) < 4.78 is 9.90. The summed E-state index contributed by atoms with van der Waals surface area (Å²) >= 11 is 11.7. The second-order valence-electron chi connectivity index (χ2n) is 16.0. The van der Waals surface area contributed by atoms with Crippen molar-refractivity contribution in [3.8, 4) is 0 Å². The van der Waals surface area contributed by atoms with E-state index in [1.54, 1.807) is 13.8 Å². The summed E-state index contributed by atoms with van der Waals surface area (Å²) in [5.74, 6) is 8.76. The number of carbonyl (C=O) groups excluding carboxylic acids is 2. The lowest BCUT2D eigenvalue weighted by Crippen LogP contribution is -2.37. The standard InChI is InChI=1S/2C11H12ClNO2.2C10H20/c2*1-11(12)13-9(10(14)15-11)7-8-5-3-2-4-6-8;2*1-6-7(2)9(4)10(5)8(6)3/h2*2-6,9,13H,7H2,1H3;2*6-10H,1-5H3/t9-,11+;9-,11-;;/m00../s1. The highest BCUT2D eigenvalue weighted by Gasteiger charge is 2.42. The summed E-state index contributed by atoms with van der Waals surface area (Å²) in [6, 6.07) is 18.8. The second kappa shape index (κ2) is 18.1. The van der Waals surface area contributed by atoms with Crippen LogP contribution in [0.3, 0.4) is 0 Å². The molecule has 0 unspecified atom stereocenters. The van der Waals surface area contributed by atoms with Crippen LogP contribution in [-0.4, -0.2) is 34.4 Å². The molecule has 0 radical (unpaired) electrons. The predicted octanol–water partition coefficient (Wildman–Crippen LogP) is 9.67. The molecule has 2 aliphatic carbocycles. The van der Waals surface area contributed by atoms with Crippen molar-refractivity contribution in [2.45, 2.75) is 118 Å². The van der Waals surface area contributed by atoms with Crippen LogP contribution in [0, 0.1) is 59.2 Å². The molecule has 2 saturated carbocycles. The number of halogens is 2. The lowest BCUT2D eigenvalue weighted by molar-refractivity contribution is -0.144. The van der Waals surface area contributed by atoms with Crippen molar-refractivity contribution in [2.75, 3.05) is 0 Å². The first-order valence-electron chi connectivity index (χ1n) is 18.7. The molecule has 2 aromatic rings. The van der Waals surface area contributed by atoms with Crippen LogP contribution in [0.2, 0.25) is 0 Å². The first kappa shape index (κ1) is 42.3. The Morgan fingerprint density at radius 1 is 0.480 bits per heavy atom. The summed E-state index contributed by atoms with van der Waals surface area (Å²) in [6.07, 6.45) is 1.20. The van der Waals surface area contributed by atoms with E-state index in [0.29, 0.717) is 12.8 Å². The van der Waals surface area contributed by atoms with E-state index in [4.69, 9.17) is 32.7 Å². The topological polar surface area (TPSA) is 76.7 Å². The van der Waals surface area contributed by atoms with Crippen LogP contribution in [0.5, 0.6) is 0 Å². The van der Waals surface area contributed by atoms with Crippen LogP contribution in [0.1, 0.15) is 94.2 Å². The zero-order chi connectivity index (χ0) is 37.6. The predicted molar refractivity (Wildman–Crippen MR) is 206 cm³/mol. The Balaban J connectivity index is 0.000000184. The third kappa shape index (κ3) is 11.4. The number of ether oxygens (including phenoxy) is 2. The highest BCUT2D eigenvalue weighted by Crippen LogP contribution is 2.45. The maximum absolute atomic E-state index is 11.4. The minimum Gasteiger partial charge on any atom is -0.429 e. The molecule has 280 valence electrons. The summed E-state index contributed by atoms with van der Waals surface area (Å²) in [5, 5.41) is 3.73. The average Bonchev–Trinajstić information content (AvgIpc) is 3.62. The lowest BCUT2D eigenvalue weighted by atomic mass is 9.92. The number of carbonyl (C=O) groups is 2. The summed E-state index contributed by atoms with van der Waals surface area (Å²) in [4.78, 5) is 22.9. The minimum absolute atomic E-state index is 0.295. The lowest BCUT2D eigenvalue weighted by Gasteiger charge is -2.14. The first-order valence-corrected chi connectivity index (χ1v) is 19.5. The van der Waals surface area contributed by atoms with Gasteiger partial charge in [-0.1, -0.05) is 153 Å². The average molecular weight is 732 g/mol. The SMILES string of the molecule is CC1C(C)C(C)C(C)C1C.CC1C(C)C(C)C(C)C1C.C[C@@]1(Cl)N[C@@H](Cc2ccccc2)C(=O)O1.C[C@]1(Cl)N[C@@H](Cc2ccccc2)C(=O)O1. The fourth-order valence-corrected chi connectivity index (χ4v) is 8.49. The molecule has 6 rings (SSSR count). The van der Waals surface area contributed by atoms with Gasteiger partial charge in [-0.25, -0.2) is 0 Å². The number of cyclic esters (lactones) is 2. The third-order valence-electron chi connectivity index (χ3n) is 12.9. The van der Waals surface area contributed by atoms with E-state index >= 15 is 0 Å². The van der Waals surface area contributed by atoms with Gasteiger partial charge in [0.25, 0.3) is 0 Å². The van der Waals surface area contributed by atoms with Crippen molar-refractivity contribution in [3.63, 3.8) is 0 Å². The van der Waals surface area contributed by atoms with Crippen molar-refractivity contribution in [2.24, 2.45) is 59.2 Å². The van der Waals surface area contributed by atoms with Gasteiger partial charge in [-0.2, -0.15) is 0 Å². The molecule has 2 heterocycles. The number of rotatable bonds is 4. The molecule has 0 spiro atoms. The number of hydrogen-bond donors (Lipinski definition) is 2. The molecule has 4 atom stereocenters. The summed E-state index contributed by atoms with van der Waals surface area (Å²) in [7, 11) is 0. The number of esters is 2. The Hall–Kier alpha value is -2.12. The van der Waals surface area contributed by atoms with Crippen LogP contribution >= 0.6 is 23.2 Å². The third-order valence-corrected chi connectivity index (χ3v) is 13.2. The highest BCUT2D eigenvalue weighted by molar-refractivity contribution is 6.24. The molecule has 0 bridgehead atoms. The highest BCUT2D eigenvalue weighted by atomic mass is 35.5. The Morgan fingerprint density at radius 2 is 0.700 bits per heavy atom. The molecular weight excluding hydrogens is 667 g/mol. The zero-order valence-corrected chi connectivity index (χ0v) is 34.0. The normalized spacial score (nSPS) is 40.4. The molecule has 2 aliphatic heterocycles. The van der Waals surface area contributed by atoms with Crippen molar-refractivity contribution in [1.29, 1.82) is 0 Å². The van der Waals surface area contributed by atoms with E-state index in [-0.39, 0.29) is 24.0 Å². The molecule has 0 amide bonds. The fourth-order valence-electron chi connectivity index (χ4n) is 8.08. The Bertz CT molecular complexity index is 1160. The van der Waals surface area contributed by atoms with E-state index in [2.05, 4.69) is 79.9 Å². The van der Waals surface area contributed by atoms with Gasteiger partial charge in [-0.15, -0.1) is 0 Å². The van der Waals surface area contributed by atoms with E-state index < -0.39 is 10.4 Å². The van der Waals surface area contributed by atoms with E-state index in [9.17, 15) is 9.59 Å². The van der Waals surface area contributed by atoms with Crippen molar-refractivity contribution < 1.29 is 19.1 Å². The van der Waals surface area contributed by atoms with E-state index in [1.807, 2.05) is 60.7 Å². The van der Waals surface area contributed by atoms with Gasteiger partial charge in [0, 0.05) is 13.8 Å². The zero-order valence-electron chi connectivity index (χ0n) is 32.5. The van der Waals surface area contributed by atoms with Gasteiger partial charge in [0.2, 0.25) is 10.4 Å². The molecule has 8 heteroatoms. The fraction of sp³-hybridized carbons (Fsp3) is 0.667. The molecular formula is C42H64Cl2N2O4. The Morgan fingerprint density at radius 3 is 0.880 bits per heavy atom. The minimum atomic E-state index is -1.06. The molecule has 2 aromatic carbocycles. The van der Waals surface area contributed by atoms with Gasteiger partial charge in [-0.05, 0) is 83.1 Å². The molecule has 0 aromatic heterocycles. The molecule has 6 nitrogen and oxygen atoms in total. The largest absolute Gasteiger partial charge is 0.429 e. The van der Waals surface area contributed by atoms with Gasteiger partial charge in [0.1, 0.15) is 12.1 Å².